The highest BCUT2D eigenvalue weighted by atomic mass is 32.2. The van der Waals surface area contributed by atoms with Crippen molar-refractivity contribution in [1.82, 2.24) is 9.78 Å². The molecule has 0 aliphatic heterocycles. The Bertz CT molecular complexity index is 1010. The smallest absolute Gasteiger partial charge is 0.380 e. The Morgan fingerprint density at radius 2 is 1.96 bits per heavy atom. The highest BCUT2D eigenvalue weighted by molar-refractivity contribution is 7.90. The van der Waals surface area contributed by atoms with Gasteiger partial charge in [-0.25, -0.2) is 13.1 Å². The molecule has 152 valence electrons. The molecule has 0 saturated heterocycles. The van der Waals surface area contributed by atoms with E-state index in [0.717, 1.165) is 37.2 Å². The van der Waals surface area contributed by atoms with Crippen molar-refractivity contribution in [1.29, 1.82) is 0 Å². The van der Waals surface area contributed by atoms with Gasteiger partial charge in [0.05, 0.1) is 22.9 Å². The highest BCUT2D eigenvalue weighted by Crippen LogP contribution is 2.35. The van der Waals surface area contributed by atoms with Crippen molar-refractivity contribution in [3.8, 4) is 5.69 Å². The number of sulfone groups is 1. The fourth-order valence-electron chi connectivity index (χ4n) is 3.34. The van der Waals surface area contributed by atoms with Crippen LogP contribution in [-0.4, -0.2) is 31.6 Å². The summed E-state index contributed by atoms with van der Waals surface area (Å²) >= 11 is 0. The first-order chi connectivity index (χ1) is 13.1. The third-order valence-electron chi connectivity index (χ3n) is 4.61. The van der Waals surface area contributed by atoms with Crippen LogP contribution in [0.2, 0.25) is 0 Å². The van der Waals surface area contributed by atoms with Gasteiger partial charge in [0.25, 0.3) is 0 Å². The number of ether oxygens (including phenoxy) is 1. The number of hydrogen-bond donors (Lipinski definition) is 0. The molecule has 0 radical (unpaired) electrons. The Hall–Kier alpha value is -2.13. The zero-order valence-electron chi connectivity index (χ0n) is 15.6. The van der Waals surface area contributed by atoms with Crippen molar-refractivity contribution in [3.63, 3.8) is 0 Å². The van der Waals surface area contributed by atoms with Gasteiger partial charge < -0.3 is 4.74 Å². The second-order valence-electron chi connectivity index (χ2n) is 6.80. The molecule has 0 N–H and O–H groups in total. The Morgan fingerprint density at radius 1 is 1.21 bits per heavy atom. The largest absolute Gasteiger partial charge is 0.435 e. The number of alkyl halides is 3. The van der Waals surface area contributed by atoms with E-state index in [-0.39, 0.29) is 11.5 Å². The number of aromatic nitrogens is 2. The summed E-state index contributed by atoms with van der Waals surface area (Å²) in [6, 6.07) is 5.42. The molecule has 1 aliphatic carbocycles. The Morgan fingerprint density at radius 3 is 2.54 bits per heavy atom. The van der Waals surface area contributed by atoms with Gasteiger partial charge in [0.1, 0.15) is 0 Å². The van der Waals surface area contributed by atoms with Crippen LogP contribution in [0.4, 0.5) is 13.2 Å². The number of nitrogens with zero attached hydrogens (tertiary/aromatic N) is 2. The summed E-state index contributed by atoms with van der Waals surface area (Å²) in [5, 5.41) is 3.78. The lowest BCUT2D eigenvalue weighted by molar-refractivity contribution is -0.141. The molecule has 9 heteroatoms. The van der Waals surface area contributed by atoms with Crippen molar-refractivity contribution in [2.75, 3.05) is 13.4 Å². The van der Waals surface area contributed by atoms with Gasteiger partial charge in [-0.05, 0) is 61.1 Å². The molecule has 0 fully saturated rings. The van der Waals surface area contributed by atoms with Crippen LogP contribution in [-0.2, 0) is 27.4 Å². The summed E-state index contributed by atoms with van der Waals surface area (Å²) in [5.74, 6) is 0. The van der Waals surface area contributed by atoms with Gasteiger partial charge in [0.15, 0.2) is 15.5 Å². The molecule has 0 atom stereocenters. The van der Waals surface area contributed by atoms with Crippen LogP contribution < -0.4 is 0 Å². The molecule has 2 aromatic rings. The van der Waals surface area contributed by atoms with E-state index >= 15 is 0 Å². The highest BCUT2D eigenvalue weighted by Gasteiger charge is 2.35. The summed E-state index contributed by atoms with van der Waals surface area (Å²) in [4.78, 5) is 0.0831. The minimum Gasteiger partial charge on any atom is -0.380 e. The molecule has 0 bridgehead atoms. The molecule has 0 amide bonds. The van der Waals surface area contributed by atoms with E-state index in [9.17, 15) is 21.6 Å². The minimum absolute atomic E-state index is 0.0155. The van der Waals surface area contributed by atoms with Crippen LogP contribution in [0.25, 0.3) is 11.3 Å². The maximum atomic E-state index is 13.3. The maximum Gasteiger partial charge on any atom is 0.435 e. The molecule has 1 aliphatic rings. The van der Waals surface area contributed by atoms with Crippen molar-refractivity contribution in [3.05, 3.63) is 47.3 Å². The van der Waals surface area contributed by atoms with Crippen LogP contribution in [0, 0.1) is 0 Å². The van der Waals surface area contributed by atoms with Gasteiger partial charge in [0, 0.05) is 13.4 Å². The van der Waals surface area contributed by atoms with E-state index < -0.39 is 21.7 Å². The van der Waals surface area contributed by atoms with E-state index in [1.165, 1.54) is 30.0 Å². The molecule has 1 aromatic carbocycles. The molecule has 3 rings (SSSR count). The SMILES string of the molecule is COCc1cc(-n2nc(C(F)(F)F)cc2C2=CCCCC2)ccc1S(C)(=O)=O. The van der Waals surface area contributed by atoms with Crippen molar-refractivity contribution < 1.29 is 26.3 Å². The van der Waals surface area contributed by atoms with Gasteiger partial charge >= 0.3 is 6.18 Å². The van der Waals surface area contributed by atoms with Crippen LogP contribution in [0.15, 0.2) is 35.2 Å². The Labute approximate surface area is 161 Å². The molecule has 0 spiro atoms. The molecule has 1 heterocycles. The number of benzene rings is 1. The lowest BCUT2D eigenvalue weighted by atomic mass is 9.97. The van der Waals surface area contributed by atoms with Crippen LogP contribution in [0.3, 0.4) is 0 Å². The van der Waals surface area contributed by atoms with Crippen molar-refractivity contribution in [2.45, 2.75) is 43.4 Å². The van der Waals surface area contributed by atoms with Crippen molar-refractivity contribution in [2.24, 2.45) is 0 Å². The summed E-state index contributed by atoms with van der Waals surface area (Å²) in [5.41, 5.74) is 0.943. The minimum atomic E-state index is -4.57. The molecular formula is C19H21F3N2O3S. The number of rotatable bonds is 5. The van der Waals surface area contributed by atoms with Crippen LogP contribution in [0.5, 0.6) is 0 Å². The summed E-state index contributed by atoms with van der Waals surface area (Å²) in [7, 11) is -2.08. The van der Waals surface area contributed by atoms with E-state index in [2.05, 4.69) is 5.10 Å². The van der Waals surface area contributed by atoms with Gasteiger partial charge in [-0.2, -0.15) is 18.3 Å². The molecule has 0 saturated carbocycles. The van der Waals surface area contributed by atoms with E-state index in [4.69, 9.17) is 4.74 Å². The first-order valence-corrected chi connectivity index (χ1v) is 10.7. The molecule has 5 nitrogen and oxygen atoms in total. The lowest BCUT2D eigenvalue weighted by Crippen LogP contribution is -2.09. The number of hydrogen-bond acceptors (Lipinski definition) is 4. The maximum absolute atomic E-state index is 13.3. The quantitative estimate of drug-likeness (QED) is 0.728. The van der Waals surface area contributed by atoms with Crippen LogP contribution in [0.1, 0.15) is 42.6 Å². The topological polar surface area (TPSA) is 61.2 Å². The van der Waals surface area contributed by atoms with Gasteiger partial charge in [-0.1, -0.05) is 6.08 Å². The lowest BCUT2D eigenvalue weighted by Gasteiger charge is -2.16. The third-order valence-corrected chi connectivity index (χ3v) is 5.80. The Balaban J connectivity index is 2.18. The fraction of sp³-hybridized carbons (Fsp3) is 0.421. The van der Waals surface area contributed by atoms with E-state index in [1.54, 1.807) is 0 Å². The van der Waals surface area contributed by atoms with Gasteiger partial charge in [-0.3, -0.25) is 0 Å². The molecule has 1 aromatic heterocycles. The second-order valence-corrected chi connectivity index (χ2v) is 8.78. The number of allylic oxidation sites excluding steroid dienone is 2. The summed E-state index contributed by atoms with van der Waals surface area (Å²) in [6.45, 7) is 0.0155. The average Bonchev–Trinajstić information content (AvgIpc) is 3.07. The predicted octanol–water partition coefficient (Wildman–Crippen LogP) is 4.40. The first kappa shape index (κ1) is 20.6. The fourth-order valence-corrected chi connectivity index (χ4v) is 4.25. The summed E-state index contributed by atoms with van der Waals surface area (Å²) < 4.78 is 70.2. The normalized spacial score (nSPS) is 15.5. The number of halogens is 3. The second kappa shape index (κ2) is 7.71. The Kier molecular flexibility index (Phi) is 5.67. The standard InChI is InChI=1S/C19H21F3N2O3S/c1-27-12-14-10-15(8-9-17(14)28(2,25)26)24-16(13-6-4-3-5-7-13)11-18(23-24)19(20,21)22/h6,8-11H,3-5,7,12H2,1-2H3. The van der Waals surface area contributed by atoms with Gasteiger partial charge in [-0.15, -0.1) is 0 Å². The zero-order valence-corrected chi connectivity index (χ0v) is 16.4. The van der Waals surface area contributed by atoms with Crippen LogP contribution >= 0.6 is 0 Å². The molecular weight excluding hydrogens is 393 g/mol. The van der Waals surface area contributed by atoms with E-state index in [1.807, 2.05) is 6.08 Å². The summed E-state index contributed by atoms with van der Waals surface area (Å²) in [6.07, 6.45) is 1.84. The first-order valence-electron chi connectivity index (χ1n) is 8.80. The average molecular weight is 414 g/mol. The zero-order chi connectivity index (χ0) is 20.5. The van der Waals surface area contributed by atoms with Gasteiger partial charge in [0.2, 0.25) is 0 Å². The predicted molar refractivity (Wildman–Crippen MR) is 98.8 cm³/mol. The molecule has 0 unspecified atom stereocenters. The van der Waals surface area contributed by atoms with Crippen molar-refractivity contribution >= 4 is 15.4 Å². The molecule has 28 heavy (non-hydrogen) atoms. The number of methoxy groups -OCH3 is 1. The third kappa shape index (κ3) is 4.30. The van der Waals surface area contributed by atoms with E-state index in [0.29, 0.717) is 23.4 Å². The monoisotopic (exact) mass is 414 g/mol.